The molecule has 1 aromatic carbocycles. The zero-order valence-electron chi connectivity index (χ0n) is 9.73. The molecule has 5 nitrogen and oxygen atoms in total. The van der Waals surface area contributed by atoms with Crippen LogP contribution in [0, 0.1) is 0 Å². The molecule has 5 heteroatoms. The van der Waals surface area contributed by atoms with Gasteiger partial charge in [-0.1, -0.05) is 12.1 Å². The average Bonchev–Trinajstić information content (AvgIpc) is 2.76. The number of nitrogen functional groups attached to an aromatic ring is 1. The second-order valence-corrected chi connectivity index (χ2v) is 3.66. The predicted octanol–water partition coefficient (Wildman–Crippen LogP) is 2.20. The van der Waals surface area contributed by atoms with Gasteiger partial charge >= 0.3 is 0 Å². The molecule has 2 rings (SSSR count). The molecule has 2 aromatic rings. The minimum Gasteiger partial charge on any atom is -0.504 e. The van der Waals surface area contributed by atoms with Crippen LogP contribution in [0.5, 0.6) is 11.5 Å². The van der Waals surface area contributed by atoms with Gasteiger partial charge < -0.3 is 20.1 Å². The summed E-state index contributed by atoms with van der Waals surface area (Å²) < 4.78 is 10.2. The molecule has 0 amide bonds. The van der Waals surface area contributed by atoms with E-state index in [-0.39, 0.29) is 11.6 Å². The summed E-state index contributed by atoms with van der Waals surface area (Å²) in [6.07, 6.45) is 0.827. The van der Waals surface area contributed by atoms with Crippen molar-refractivity contribution in [2.45, 2.75) is 13.3 Å². The van der Waals surface area contributed by atoms with Crippen LogP contribution in [0.25, 0.3) is 11.3 Å². The second-order valence-electron chi connectivity index (χ2n) is 3.66. The molecule has 0 saturated heterocycles. The van der Waals surface area contributed by atoms with E-state index in [4.69, 9.17) is 15.0 Å². The van der Waals surface area contributed by atoms with Gasteiger partial charge in [-0.05, 0) is 24.1 Å². The number of phenols is 1. The smallest absolute Gasteiger partial charge is 0.172 e. The molecule has 0 fully saturated rings. The van der Waals surface area contributed by atoms with Crippen LogP contribution in [0.15, 0.2) is 22.7 Å². The van der Waals surface area contributed by atoms with Crippen molar-refractivity contribution in [3.63, 3.8) is 0 Å². The SMILES string of the molecule is CCc1cc(OC)c(O)c(-c2cc(N)no2)c1. The standard InChI is InChI=1S/C12H14N2O3/c1-3-7-4-8(9-6-11(13)14-17-9)12(15)10(5-7)16-2/h4-6,15H,3H2,1-2H3,(H2,13,14). The lowest BCUT2D eigenvalue weighted by atomic mass is 10.0. The number of rotatable bonds is 3. The third kappa shape index (κ3) is 2.04. The van der Waals surface area contributed by atoms with Gasteiger partial charge in [0.1, 0.15) is 0 Å². The number of aromatic nitrogens is 1. The van der Waals surface area contributed by atoms with Gasteiger partial charge in [0.15, 0.2) is 23.1 Å². The number of hydrogen-bond acceptors (Lipinski definition) is 5. The first-order chi connectivity index (χ1) is 8.15. The topological polar surface area (TPSA) is 81.5 Å². The highest BCUT2D eigenvalue weighted by Crippen LogP contribution is 2.38. The van der Waals surface area contributed by atoms with Gasteiger partial charge in [0.05, 0.1) is 12.7 Å². The van der Waals surface area contributed by atoms with E-state index < -0.39 is 0 Å². The Hall–Kier alpha value is -2.17. The second kappa shape index (κ2) is 4.37. The van der Waals surface area contributed by atoms with Crippen LogP contribution >= 0.6 is 0 Å². The van der Waals surface area contributed by atoms with Gasteiger partial charge in [-0.3, -0.25) is 0 Å². The van der Waals surface area contributed by atoms with Crippen LogP contribution in [0.1, 0.15) is 12.5 Å². The summed E-state index contributed by atoms with van der Waals surface area (Å²) in [7, 11) is 1.51. The van der Waals surface area contributed by atoms with E-state index in [2.05, 4.69) is 5.16 Å². The first-order valence-electron chi connectivity index (χ1n) is 5.28. The van der Waals surface area contributed by atoms with Crippen molar-refractivity contribution in [1.82, 2.24) is 5.16 Å². The largest absolute Gasteiger partial charge is 0.504 e. The number of phenolic OH excluding ortho intramolecular Hbond substituents is 1. The van der Waals surface area contributed by atoms with Crippen LogP contribution in [-0.2, 0) is 6.42 Å². The molecule has 90 valence electrons. The highest BCUT2D eigenvalue weighted by Gasteiger charge is 2.15. The Labute approximate surface area is 98.8 Å². The number of benzene rings is 1. The number of aryl methyl sites for hydroxylation is 1. The molecule has 0 aliphatic rings. The number of nitrogens with two attached hydrogens (primary N) is 1. The third-order valence-electron chi connectivity index (χ3n) is 2.56. The van der Waals surface area contributed by atoms with Gasteiger partial charge in [0, 0.05) is 6.07 Å². The van der Waals surface area contributed by atoms with Crippen LogP contribution in [0.3, 0.4) is 0 Å². The first-order valence-corrected chi connectivity index (χ1v) is 5.28. The van der Waals surface area contributed by atoms with Crippen LogP contribution < -0.4 is 10.5 Å². The molecule has 1 aromatic heterocycles. The minimum atomic E-state index is 0.0286. The van der Waals surface area contributed by atoms with Crippen molar-refractivity contribution >= 4 is 5.82 Å². The monoisotopic (exact) mass is 234 g/mol. The summed E-state index contributed by atoms with van der Waals surface area (Å²) in [5.41, 5.74) is 7.05. The summed E-state index contributed by atoms with van der Waals surface area (Å²) in [5, 5.41) is 13.6. The van der Waals surface area contributed by atoms with E-state index in [1.54, 1.807) is 12.1 Å². The van der Waals surface area contributed by atoms with Gasteiger partial charge in [0.25, 0.3) is 0 Å². The molecule has 0 spiro atoms. The molecule has 17 heavy (non-hydrogen) atoms. The van der Waals surface area contributed by atoms with Crippen molar-refractivity contribution in [3.8, 4) is 22.8 Å². The summed E-state index contributed by atoms with van der Waals surface area (Å²) in [6, 6.07) is 5.18. The molecular formula is C12H14N2O3. The number of ether oxygens (including phenoxy) is 1. The quantitative estimate of drug-likeness (QED) is 0.850. The molecule has 0 aliphatic carbocycles. The molecular weight excluding hydrogens is 220 g/mol. The van der Waals surface area contributed by atoms with E-state index in [1.807, 2.05) is 13.0 Å². The lowest BCUT2D eigenvalue weighted by Crippen LogP contribution is -1.90. The maximum Gasteiger partial charge on any atom is 0.172 e. The van der Waals surface area contributed by atoms with Gasteiger partial charge in [-0.15, -0.1) is 0 Å². The van der Waals surface area contributed by atoms with E-state index >= 15 is 0 Å². The van der Waals surface area contributed by atoms with E-state index in [9.17, 15) is 5.11 Å². The van der Waals surface area contributed by atoms with Crippen molar-refractivity contribution in [1.29, 1.82) is 0 Å². The Bertz CT molecular complexity index is 535. The fraction of sp³-hybridized carbons (Fsp3) is 0.250. The molecule has 0 saturated carbocycles. The Balaban J connectivity index is 2.59. The predicted molar refractivity (Wildman–Crippen MR) is 63.9 cm³/mol. The van der Waals surface area contributed by atoms with E-state index in [0.717, 1.165) is 12.0 Å². The number of methoxy groups -OCH3 is 1. The highest BCUT2D eigenvalue weighted by molar-refractivity contribution is 5.71. The molecule has 0 radical (unpaired) electrons. The van der Waals surface area contributed by atoms with E-state index in [1.165, 1.54) is 7.11 Å². The summed E-state index contributed by atoms with van der Waals surface area (Å²) in [6.45, 7) is 2.02. The minimum absolute atomic E-state index is 0.0286. The lowest BCUT2D eigenvalue weighted by Gasteiger charge is -2.09. The van der Waals surface area contributed by atoms with E-state index in [0.29, 0.717) is 17.1 Å². The number of nitrogens with zero attached hydrogens (tertiary/aromatic N) is 1. The van der Waals surface area contributed by atoms with Crippen molar-refractivity contribution in [2.24, 2.45) is 0 Å². The van der Waals surface area contributed by atoms with Crippen molar-refractivity contribution in [2.75, 3.05) is 12.8 Å². The van der Waals surface area contributed by atoms with Gasteiger partial charge in [0.2, 0.25) is 0 Å². The van der Waals surface area contributed by atoms with Gasteiger partial charge in [-0.2, -0.15) is 0 Å². The zero-order chi connectivity index (χ0) is 12.4. The number of aromatic hydroxyl groups is 1. The molecule has 3 N–H and O–H groups in total. The summed E-state index contributed by atoms with van der Waals surface area (Å²) >= 11 is 0. The molecule has 0 bridgehead atoms. The van der Waals surface area contributed by atoms with Crippen LogP contribution in [0.4, 0.5) is 5.82 Å². The lowest BCUT2D eigenvalue weighted by molar-refractivity contribution is 0.371. The fourth-order valence-electron chi connectivity index (χ4n) is 1.63. The van der Waals surface area contributed by atoms with Crippen molar-refractivity contribution < 1.29 is 14.4 Å². The Morgan fingerprint density at radius 1 is 1.41 bits per heavy atom. The first kappa shape index (κ1) is 11.3. The maximum atomic E-state index is 10.0. The molecule has 0 aliphatic heterocycles. The highest BCUT2D eigenvalue weighted by atomic mass is 16.5. The number of anilines is 1. The third-order valence-corrected chi connectivity index (χ3v) is 2.56. The molecule has 0 unspecified atom stereocenters. The normalized spacial score (nSPS) is 10.5. The summed E-state index contributed by atoms with van der Waals surface area (Å²) in [5.74, 6) is 1.14. The average molecular weight is 234 g/mol. The Morgan fingerprint density at radius 2 is 2.18 bits per heavy atom. The fourth-order valence-corrected chi connectivity index (χ4v) is 1.63. The van der Waals surface area contributed by atoms with Crippen molar-refractivity contribution in [3.05, 3.63) is 23.8 Å². The summed E-state index contributed by atoms with van der Waals surface area (Å²) in [4.78, 5) is 0. The maximum absolute atomic E-state index is 10.0. The Kier molecular flexibility index (Phi) is 2.91. The molecule has 0 atom stereocenters. The zero-order valence-corrected chi connectivity index (χ0v) is 9.73. The van der Waals surface area contributed by atoms with Crippen LogP contribution in [0.2, 0.25) is 0 Å². The number of hydrogen-bond donors (Lipinski definition) is 2. The molecule has 1 heterocycles. The van der Waals surface area contributed by atoms with Crippen LogP contribution in [-0.4, -0.2) is 17.4 Å². The van der Waals surface area contributed by atoms with Gasteiger partial charge in [-0.25, -0.2) is 0 Å². The Morgan fingerprint density at radius 3 is 2.71 bits per heavy atom.